The Hall–Kier alpha value is -2.61. The molecule has 0 aliphatic heterocycles. The van der Waals surface area contributed by atoms with E-state index in [2.05, 4.69) is 0 Å². The second kappa shape index (κ2) is 7.10. The number of aliphatic hydroxyl groups is 1. The van der Waals surface area contributed by atoms with E-state index in [1.54, 1.807) is 0 Å². The van der Waals surface area contributed by atoms with E-state index < -0.39 is 35.6 Å². The second-order valence-electron chi connectivity index (χ2n) is 5.26. The molecule has 0 saturated carbocycles. The average Bonchev–Trinajstić information content (AvgIpc) is 2.59. The fourth-order valence-electron chi connectivity index (χ4n) is 2.20. The Labute approximate surface area is 141 Å². The number of halogens is 4. The van der Waals surface area contributed by atoms with Crippen LogP contribution in [0.2, 0.25) is 0 Å². The van der Waals surface area contributed by atoms with Crippen LogP contribution in [0.5, 0.6) is 5.75 Å². The number of amides is 1. The van der Waals surface area contributed by atoms with Crippen LogP contribution in [0, 0.1) is 5.82 Å². The second-order valence-corrected chi connectivity index (χ2v) is 5.26. The molecule has 2 N–H and O–H groups in total. The molecule has 4 nitrogen and oxygen atoms in total. The minimum absolute atomic E-state index is 0.104. The van der Waals surface area contributed by atoms with E-state index in [0.29, 0.717) is 0 Å². The molecule has 8 heteroatoms. The normalized spacial score (nSPS) is 13.8. The van der Waals surface area contributed by atoms with Crippen LogP contribution in [0.15, 0.2) is 48.5 Å². The van der Waals surface area contributed by atoms with Crippen LogP contribution < -0.4 is 10.1 Å². The fourth-order valence-corrected chi connectivity index (χ4v) is 2.20. The molecule has 2 rings (SSSR count). The van der Waals surface area contributed by atoms with E-state index in [-0.39, 0.29) is 11.3 Å². The lowest BCUT2D eigenvalue weighted by Gasteiger charge is -2.31. The fraction of sp³-hybridized carbons (Fsp3) is 0.235. The number of hydrogen-bond donors (Lipinski definition) is 2. The molecule has 0 unspecified atom stereocenters. The van der Waals surface area contributed by atoms with Gasteiger partial charge < -0.3 is 15.2 Å². The molecule has 1 amide bonds. The molecule has 0 spiro atoms. The lowest BCUT2D eigenvalue weighted by atomic mass is 9.93. The zero-order valence-electron chi connectivity index (χ0n) is 13.1. The summed E-state index contributed by atoms with van der Waals surface area (Å²) in [4.78, 5) is 12.0. The van der Waals surface area contributed by atoms with Crippen molar-refractivity contribution in [2.24, 2.45) is 0 Å². The molecule has 134 valence electrons. The van der Waals surface area contributed by atoms with Crippen LogP contribution in [0.25, 0.3) is 0 Å². The molecule has 25 heavy (non-hydrogen) atoms. The summed E-state index contributed by atoms with van der Waals surface area (Å²) in [6.45, 7) is -1.12. The van der Waals surface area contributed by atoms with Crippen molar-refractivity contribution in [1.82, 2.24) is 5.32 Å². The molecule has 0 aromatic heterocycles. The third-order valence-electron chi connectivity index (χ3n) is 3.64. The van der Waals surface area contributed by atoms with Gasteiger partial charge in [-0.2, -0.15) is 13.2 Å². The zero-order chi connectivity index (χ0) is 18.7. The monoisotopic (exact) mass is 357 g/mol. The van der Waals surface area contributed by atoms with Crippen molar-refractivity contribution in [2.45, 2.75) is 11.8 Å². The molecule has 0 saturated heterocycles. The molecule has 0 heterocycles. The van der Waals surface area contributed by atoms with Crippen molar-refractivity contribution in [1.29, 1.82) is 0 Å². The molecule has 2 aromatic carbocycles. The number of rotatable bonds is 5. The van der Waals surface area contributed by atoms with Crippen molar-refractivity contribution in [3.05, 3.63) is 65.5 Å². The number of nitrogens with one attached hydrogen (secondary N) is 1. The quantitative estimate of drug-likeness (QED) is 0.809. The Balaban J connectivity index is 2.21. The highest BCUT2D eigenvalue weighted by molar-refractivity contribution is 5.94. The first-order valence-electron chi connectivity index (χ1n) is 7.15. The minimum Gasteiger partial charge on any atom is -0.494 e. The maximum Gasteiger partial charge on any atom is 0.423 e. The van der Waals surface area contributed by atoms with Crippen LogP contribution >= 0.6 is 0 Å². The third kappa shape index (κ3) is 3.90. The van der Waals surface area contributed by atoms with E-state index in [1.807, 2.05) is 5.32 Å². The van der Waals surface area contributed by atoms with Crippen molar-refractivity contribution in [3.63, 3.8) is 0 Å². The first-order chi connectivity index (χ1) is 11.7. The summed E-state index contributed by atoms with van der Waals surface area (Å²) in [5.41, 5.74) is -3.88. The average molecular weight is 357 g/mol. The Bertz CT molecular complexity index is 749. The topological polar surface area (TPSA) is 58.6 Å². The Kier molecular flexibility index (Phi) is 5.32. The number of ether oxygens (including phenoxy) is 1. The van der Waals surface area contributed by atoms with Crippen LogP contribution in [0.3, 0.4) is 0 Å². The summed E-state index contributed by atoms with van der Waals surface area (Å²) in [5, 5.41) is 12.1. The van der Waals surface area contributed by atoms with Crippen LogP contribution in [-0.4, -0.2) is 30.8 Å². The Morgan fingerprint density at radius 2 is 1.80 bits per heavy atom. The summed E-state index contributed by atoms with van der Waals surface area (Å²) in [6.07, 6.45) is -5.02. The maximum atomic E-state index is 13.6. The van der Waals surface area contributed by atoms with Gasteiger partial charge in [0.1, 0.15) is 0 Å². The van der Waals surface area contributed by atoms with Gasteiger partial charge in [0.2, 0.25) is 5.60 Å². The molecular weight excluding hydrogens is 342 g/mol. The molecular formula is C17H15F4NO3. The summed E-state index contributed by atoms with van der Waals surface area (Å²) in [5.74, 6) is -1.89. The molecule has 0 bridgehead atoms. The maximum absolute atomic E-state index is 13.6. The number of hydrogen-bond acceptors (Lipinski definition) is 3. The molecule has 0 radical (unpaired) electrons. The number of carbonyl (C=O) groups excluding carboxylic acids is 1. The number of carbonyl (C=O) groups is 1. The third-order valence-corrected chi connectivity index (χ3v) is 3.64. The highest BCUT2D eigenvalue weighted by Crippen LogP contribution is 2.38. The first kappa shape index (κ1) is 18.7. The first-order valence-corrected chi connectivity index (χ1v) is 7.15. The van der Waals surface area contributed by atoms with Crippen molar-refractivity contribution in [3.8, 4) is 5.75 Å². The van der Waals surface area contributed by atoms with E-state index in [0.717, 1.165) is 18.2 Å². The van der Waals surface area contributed by atoms with Crippen molar-refractivity contribution >= 4 is 5.91 Å². The van der Waals surface area contributed by atoms with Gasteiger partial charge in [-0.05, 0) is 23.8 Å². The largest absolute Gasteiger partial charge is 0.494 e. The lowest BCUT2D eigenvalue weighted by molar-refractivity contribution is -0.263. The highest BCUT2D eigenvalue weighted by atomic mass is 19.4. The predicted molar refractivity (Wildman–Crippen MR) is 81.7 cm³/mol. The van der Waals surface area contributed by atoms with Gasteiger partial charge in [0.15, 0.2) is 11.6 Å². The molecule has 0 fully saturated rings. The number of methoxy groups -OCH3 is 1. The zero-order valence-corrected chi connectivity index (χ0v) is 13.1. The van der Waals surface area contributed by atoms with E-state index in [1.165, 1.54) is 37.4 Å². The standard InChI is InChI=1S/C17H15F4NO3/c1-25-14-8-7-11(9-13(14)18)15(23)22-10-16(24,17(19,20)21)12-5-3-2-4-6-12/h2-9,24H,10H2,1H3,(H,22,23)/t16-/m0/s1. The molecule has 0 aliphatic carbocycles. The highest BCUT2D eigenvalue weighted by Gasteiger charge is 2.55. The Morgan fingerprint density at radius 3 is 2.32 bits per heavy atom. The van der Waals surface area contributed by atoms with Crippen LogP contribution in [-0.2, 0) is 5.60 Å². The SMILES string of the molecule is COc1ccc(C(=O)NC[C@](O)(c2ccccc2)C(F)(F)F)cc1F. The molecule has 1 atom stereocenters. The smallest absolute Gasteiger partial charge is 0.423 e. The lowest BCUT2D eigenvalue weighted by Crippen LogP contribution is -2.51. The van der Waals surface area contributed by atoms with Gasteiger partial charge in [0.25, 0.3) is 5.91 Å². The van der Waals surface area contributed by atoms with Gasteiger partial charge in [-0.1, -0.05) is 30.3 Å². The number of alkyl halides is 3. The molecule has 0 aliphatic rings. The van der Waals surface area contributed by atoms with Gasteiger partial charge in [0, 0.05) is 5.56 Å². The summed E-state index contributed by atoms with van der Waals surface area (Å²) in [7, 11) is 1.24. The summed E-state index contributed by atoms with van der Waals surface area (Å²) in [6, 6.07) is 9.60. The predicted octanol–water partition coefficient (Wildman–Crippen LogP) is 3.01. The minimum atomic E-state index is -5.02. The Morgan fingerprint density at radius 1 is 1.16 bits per heavy atom. The van der Waals surface area contributed by atoms with Crippen LogP contribution in [0.4, 0.5) is 17.6 Å². The van der Waals surface area contributed by atoms with E-state index in [9.17, 15) is 27.5 Å². The summed E-state index contributed by atoms with van der Waals surface area (Å²) < 4.78 is 58.3. The van der Waals surface area contributed by atoms with Crippen LogP contribution in [0.1, 0.15) is 15.9 Å². The van der Waals surface area contributed by atoms with Gasteiger partial charge >= 0.3 is 6.18 Å². The van der Waals surface area contributed by atoms with Crippen molar-refractivity contribution < 1.29 is 32.2 Å². The van der Waals surface area contributed by atoms with E-state index in [4.69, 9.17) is 4.74 Å². The van der Waals surface area contributed by atoms with Gasteiger partial charge in [0.05, 0.1) is 13.7 Å². The van der Waals surface area contributed by atoms with Gasteiger partial charge in [-0.15, -0.1) is 0 Å². The van der Waals surface area contributed by atoms with E-state index >= 15 is 0 Å². The summed E-state index contributed by atoms with van der Waals surface area (Å²) >= 11 is 0. The number of benzene rings is 2. The molecule has 2 aromatic rings. The van der Waals surface area contributed by atoms with Crippen molar-refractivity contribution in [2.75, 3.05) is 13.7 Å². The van der Waals surface area contributed by atoms with Gasteiger partial charge in [-0.25, -0.2) is 4.39 Å². The van der Waals surface area contributed by atoms with Gasteiger partial charge in [-0.3, -0.25) is 4.79 Å².